The van der Waals surface area contributed by atoms with Crippen molar-refractivity contribution in [1.29, 1.82) is 0 Å². The van der Waals surface area contributed by atoms with Gasteiger partial charge in [0.2, 0.25) is 0 Å². The number of aromatic nitrogens is 3. The Labute approximate surface area is 110 Å². The quantitative estimate of drug-likeness (QED) is 0.383. The van der Waals surface area contributed by atoms with E-state index in [9.17, 15) is 5.11 Å². The van der Waals surface area contributed by atoms with Gasteiger partial charge in [0, 0.05) is 31.9 Å². The fourth-order valence-electron chi connectivity index (χ4n) is 1.70. The van der Waals surface area contributed by atoms with Gasteiger partial charge in [-0.3, -0.25) is 0 Å². The van der Waals surface area contributed by atoms with Crippen LogP contribution in [0.2, 0.25) is 0 Å². The maximum Gasteiger partial charge on any atom is 0.138 e. The molecule has 0 aliphatic carbocycles. The van der Waals surface area contributed by atoms with Crippen molar-refractivity contribution in [3.05, 3.63) is 6.20 Å². The number of aromatic amines is 1. The van der Waals surface area contributed by atoms with Crippen LogP contribution in [0.25, 0.3) is 0 Å². The third-order valence-electron chi connectivity index (χ3n) is 2.62. The number of ether oxygens (including phenoxy) is 1. The van der Waals surface area contributed by atoms with E-state index in [4.69, 9.17) is 4.74 Å². The van der Waals surface area contributed by atoms with Crippen molar-refractivity contribution < 1.29 is 9.84 Å². The Morgan fingerprint density at radius 2 is 2.56 bits per heavy atom. The Balaban J connectivity index is 1.59. The number of nitrogens with zero attached hydrogens (tertiary/aromatic N) is 2. The van der Waals surface area contributed by atoms with Gasteiger partial charge in [-0.2, -0.15) is 10.3 Å². The zero-order chi connectivity index (χ0) is 12.7. The van der Waals surface area contributed by atoms with E-state index in [0.717, 1.165) is 23.9 Å². The molecule has 1 atom stereocenters. The number of H-pyrrole nitrogens is 1. The fourth-order valence-corrected chi connectivity index (χ4v) is 2.39. The number of nitrogens with one attached hydrogen (secondary N) is 3. The van der Waals surface area contributed by atoms with Gasteiger partial charge in [-0.1, -0.05) is 0 Å². The average Bonchev–Trinajstić information content (AvgIpc) is 2.78. The standard InChI is InChI=1S/C10H19N5O2S/c16-10(6-11-1-3-17-8-10)7-12-2-4-18-9-5-13-15-14-9/h5,11-12,16H,1-4,6-8H2,(H,13,14,15)/t10-/m0/s1. The van der Waals surface area contributed by atoms with E-state index < -0.39 is 5.60 Å². The van der Waals surface area contributed by atoms with Gasteiger partial charge in [-0.25, -0.2) is 0 Å². The van der Waals surface area contributed by atoms with Crippen LogP contribution >= 0.6 is 11.8 Å². The first kappa shape index (κ1) is 13.8. The smallest absolute Gasteiger partial charge is 0.138 e. The second-order valence-electron chi connectivity index (χ2n) is 4.29. The monoisotopic (exact) mass is 273 g/mol. The minimum atomic E-state index is -0.810. The summed E-state index contributed by atoms with van der Waals surface area (Å²) in [6.45, 7) is 3.73. The minimum absolute atomic E-state index is 0.378. The molecule has 1 aliphatic heterocycles. The minimum Gasteiger partial charge on any atom is -0.385 e. The first-order valence-corrected chi connectivity index (χ1v) is 6.97. The van der Waals surface area contributed by atoms with Crippen LogP contribution in [-0.2, 0) is 4.74 Å². The van der Waals surface area contributed by atoms with Gasteiger partial charge in [0.15, 0.2) is 0 Å². The molecule has 0 radical (unpaired) electrons. The molecule has 1 aliphatic rings. The first-order chi connectivity index (χ1) is 8.79. The normalized spacial score (nSPS) is 24.9. The van der Waals surface area contributed by atoms with E-state index in [1.165, 1.54) is 0 Å². The molecule has 2 rings (SSSR count). The Hall–Kier alpha value is -0.670. The molecule has 1 aromatic heterocycles. The third-order valence-corrected chi connectivity index (χ3v) is 3.52. The Morgan fingerprint density at radius 3 is 3.39 bits per heavy atom. The predicted octanol–water partition coefficient (Wildman–Crippen LogP) is -1.16. The van der Waals surface area contributed by atoms with Gasteiger partial charge in [-0.05, 0) is 0 Å². The van der Waals surface area contributed by atoms with E-state index in [0.29, 0.717) is 26.3 Å². The van der Waals surface area contributed by atoms with Crippen molar-refractivity contribution >= 4 is 11.8 Å². The van der Waals surface area contributed by atoms with Gasteiger partial charge < -0.3 is 20.5 Å². The molecule has 1 fully saturated rings. The lowest BCUT2D eigenvalue weighted by Crippen LogP contribution is -2.50. The highest BCUT2D eigenvalue weighted by molar-refractivity contribution is 7.99. The van der Waals surface area contributed by atoms with Gasteiger partial charge in [-0.15, -0.1) is 16.9 Å². The van der Waals surface area contributed by atoms with Crippen molar-refractivity contribution in [1.82, 2.24) is 26.0 Å². The molecule has 0 saturated carbocycles. The maximum absolute atomic E-state index is 10.3. The largest absolute Gasteiger partial charge is 0.385 e. The number of β-amino-alcohol motifs (C(OH)–C–C–N with tert-alkyl or cyclic N) is 1. The molecule has 1 saturated heterocycles. The van der Waals surface area contributed by atoms with Crippen LogP contribution < -0.4 is 10.6 Å². The Kier molecular flexibility index (Phi) is 5.39. The molecule has 102 valence electrons. The molecule has 0 spiro atoms. The second-order valence-corrected chi connectivity index (χ2v) is 5.40. The van der Waals surface area contributed by atoms with Gasteiger partial charge in [0.05, 0.1) is 19.4 Å². The highest BCUT2D eigenvalue weighted by Crippen LogP contribution is 2.11. The number of rotatable bonds is 6. The molecule has 2 heterocycles. The van der Waals surface area contributed by atoms with E-state index in [1.807, 2.05) is 0 Å². The Morgan fingerprint density at radius 1 is 1.61 bits per heavy atom. The molecule has 18 heavy (non-hydrogen) atoms. The van der Waals surface area contributed by atoms with Crippen LogP contribution in [0, 0.1) is 0 Å². The van der Waals surface area contributed by atoms with Crippen molar-refractivity contribution in [2.45, 2.75) is 10.6 Å². The van der Waals surface area contributed by atoms with E-state index in [2.05, 4.69) is 26.0 Å². The summed E-state index contributed by atoms with van der Waals surface area (Å²) in [6, 6.07) is 0. The van der Waals surface area contributed by atoms with Crippen LogP contribution in [0.4, 0.5) is 0 Å². The van der Waals surface area contributed by atoms with Crippen LogP contribution in [0.3, 0.4) is 0 Å². The van der Waals surface area contributed by atoms with Crippen molar-refractivity contribution in [2.75, 3.05) is 45.1 Å². The van der Waals surface area contributed by atoms with Gasteiger partial charge in [0.25, 0.3) is 0 Å². The fraction of sp³-hybridized carbons (Fsp3) is 0.800. The average molecular weight is 273 g/mol. The number of aliphatic hydroxyl groups is 1. The van der Waals surface area contributed by atoms with Gasteiger partial charge in [0.1, 0.15) is 10.6 Å². The summed E-state index contributed by atoms with van der Waals surface area (Å²) in [5.41, 5.74) is -0.810. The maximum atomic E-state index is 10.3. The SMILES string of the molecule is O[C@]1(CNCCSc2cn[nH]n2)CNCCOC1. The molecule has 7 nitrogen and oxygen atoms in total. The number of hydrogen-bond donors (Lipinski definition) is 4. The molecule has 0 aromatic carbocycles. The Bertz CT molecular complexity index is 327. The van der Waals surface area contributed by atoms with E-state index in [1.54, 1.807) is 18.0 Å². The summed E-state index contributed by atoms with van der Waals surface area (Å²) in [5.74, 6) is 0.886. The number of thioether (sulfide) groups is 1. The van der Waals surface area contributed by atoms with E-state index in [-0.39, 0.29) is 0 Å². The topological polar surface area (TPSA) is 95.1 Å². The molecular weight excluding hydrogens is 254 g/mol. The van der Waals surface area contributed by atoms with E-state index >= 15 is 0 Å². The van der Waals surface area contributed by atoms with Crippen molar-refractivity contribution in [2.24, 2.45) is 0 Å². The van der Waals surface area contributed by atoms with Crippen molar-refractivity contribution in [3.8, 4) is 0 Å². The number of hydrogen-bond acceptors (Lipinski definition) is 7. The highest BCUT2D eigenvalue weighted by Gasteiger charge is 2.28. The summed E-state index contributed by atoms with van der Waals surface area (Å²) in [6.07, 6.45) is 1.70. The highest BCUT2D eigenvalue weighted by atomic mass is 32.2. The summed E-state index contributed by atoms with van der Waals surface area (Å²) in [4.78, 5) is 0. The summed E-state index contributed by atoms with van der Waals surface area (Å²) < 4.78 is 5.35. The predicted molar refractivity (Wildman–Crippen MR) is 68.6 cm³/mol. The second kappa shape index (κ2) is 7.05. The molecule has 0 bridgehead atoms. The van der Waals surface area contributed by atoms with Crippen LogP contribution in [0.5, 0.6) is 0 Å². The summed E-state index contributed by atoms with van der Waals surface area (Å²) >= 11 is 1.62. The first-order valence-electron chi connectivity index (χ1n) is 5.99. The molecule has 0 unspecified atom stereocenters. The third kappa shape index (κ3) is 4.54. The lowest BCUT2D eigenvalue weighted by atomic mass is 10.1. The zero-order valence-corrected chi connectivity index (χ0v) is 11.0. The summed E-state index contributed by atoms with van der Waals surface area (Å²) in [7, 11) is 0. The van der Waals surface area contributed by atoms with Crippen LogP contribution in [0.15, 0.2) is 11.2 Å². The lowest BCUT2D eigenvalue weighted by Gasteiger charge is -2.26. The van der Waals surface area contributed by atoms with Gasteiger partial charge >= 0.3 is 0 Å². The molecule has 1 aromatic rings. The summed E-state index contributed by atoms with van der Waals surface area (Å²) in [5, 5.41) is 27.8. The van der Waals surface area contributed by atoms with Crippen molar-refractivity contribution in [3.63, 3.8) is 0 Å². The van der Waals surface area contributed by atoms with Crippen LogP contribution in [0.1, 0.15) is 0 Å². The molecule has 8 heteroatoms. The lowest BCUT2D eigenvalue weighted by molar-refractivity contribution is -0.0258. The molecular formula is C10H19N5O2S. The van der Waals surface area contributed by atoms with Crippen LogP contribution in [-0.4, -0.2) is 71.3 Å². The molecule has 4 N–H and O–H groups in total. The molecule has 0 amide bonds. The zero-order valence-electron chi connectivity index (χ0n) is 10.2.